The first-order valence-electron chi connectivity index (χ1n) is 15.6. The summed E-state index contributed by atoms with van der Waals surface area (Å²) >= 11 is 0. The molecule has 7 nitrogen and oxygen atoms in total. The van der Waals surface area contributed by atoms with Crippen molar-refractivity contribution in [1.29, 1.82) is 0 Å². The summed E-state index contributed by atoms with van der Waals surface area (Å²) < 4.78 is 5.52. The number of ether oxygens (including phenoxy) is 1. The topological polar surface area (TPSA) is 87.7 Å². The molecule has 0 saturated carbocycles. The van der Waals surface area contributed by atoms with Gasteiger partial charge in [-0.3, -0.25) is 9.59 Å². The first-order valence-corrected chi connectivity index (χ1v) is 15.6. The Morgan fingerprint density at radius 1 is 0.953 bits per heavy atom. The summed E-state index contributed by atoms with van der Waals surface area (Å²) in [7, 11) is 0. The first kappa shape index (κ1) is 35.4. The number of rotatable bonds is 15. The van der Waals surface area contributed by atoms with Crippen LogP contribution in [-0.2, 0) is 14.3 Å². The number of amides is 3. The number of nitrogens with zero attached hydrogens (tertiary/aromatic N) is 1. The van der Waals surface area contributed by atoms with Crippen LogP contribution in [0.4, 0.5) is 10.5 Å². The molecule has 0 fully saturated rings. The Morgan fingerprint density at radius 3 is 2.16 bits per heavy atom. The number of anilines is 1. The number of alkyl carbamates (subject to hydrolysis) is 1. The van der Waals surface area contributed by atoms with Crippen LogP contribution in [-0.4, -0.2) is 41.0 Å². The maximum absolute atomic E-state index is 14.5. The predicted octanol–water partition coefficient (Wildman–Crippen LogP) is 7.78. The summed E-state index contributed by atoms with van der Waals surface area (Å²) in [4.78, 5) is 43.2. The molecule has 0 aliphatic heterocycles. The molecular formula is C36H51N3O4. The number of carbonyl (C=O) groups is 3. The van der Waals surface area contributed by atoms with Crippen molar-refractivity contribution in [1.82, 2.24) is 10.2 Å². The third-order valence-electron chi connectivity index (χ3n) is 7.54. The average molecular weight is 590 g/mol. The highest BCUT2D eigenvalue weighted by Gasteiger charge is 2.38. The molecule has 0 heterocycles. The maximum Gasteiger partial charge on any atom is 0.408 e. The van der Waals surface area contributed by atoms with Gasteiger partial charge in [0.25, 0.3) is 5.91 Å². The number of hydrogen-bond donors (Lipinski definition) is 2. The monoisotopic (exact) mass is 589 g/mol. The van der Waals surface area contributed by atoms with Gasteiger partial charge < -0.3 is 20.3 Å². The molecule has 2 aromatic carbocycles. The molecule has 3 unspecified atom stereocenters. The van der Waals surface area contributed by atoms with Crippen LogP contribution in [0.2, 0.25) is 0 Å². The number of unbranched alkanes of at least 4 members (excludes halogenated alkanes) is 5. The fraction of sp³-hybridized carbons (Fsp3) is 0.528. The number of benzene rings is 2. The highest BCUT2D eigenvalue weighted by Crippen LogP contribution is 2.28. The second kappa shape index (κ2) is 17.4. The van der Waals surface area contributed by atoms with Gasteiger partial charge in [-0.15, -0.1) is 6.42 Å². The molecule has 43 heavy (non-hydrogen) atoms. The molecule has 0 radical (unpaired) electrons. The van der Waals surface area contributed by atoms with E-state index < -0.39 is 23.8 Å². The molecule has 0 aliphatic carbocycles. The molecule has 2 N–H and O–H groups in total. The van der Waals surface area contributed by atoms with Crippen molar-refractivity contribution < 1.29 is 19.1 Å². The molecule has 7 heteroatoms. The molecule has 234 valence electrons. The van der Waals surface area contributed by atoms with Gasteiger partial charge in [-0.1, -0.05) is 95.5 Å². The Balaban J connectivity index is 2.56. The van der Waals surface area contributed by atoms with E-state index in [1.165, 1.54) is 6.42 Å². The first-order chi connectivity index (χ1) is 20.4. The number of terminal acetylenes is 1. The van der Waals surface area contributed by atoms with Gasteiger partial charge in [0.15, 0.2) is 0 Å². The number of para-hydroxylation sites is 1. The average Bonchev–Trinajstić information content (AvgIpc) is 2.96. The Kier molecular flexibility index (Phi) is 14.3. The normalized spacial score (nSPS) is 13.3. The molecule has 3 atom stereocenters. The lowest BCUT2D eigenvalue weighted by Crippen LogP contribution is -2.55. The third-order valence-corrected chi connectivity index (χ3v) is 7.54. The quantitative estimate of drug-likeness (QED) is 0.164. The van der Waals surface area contributed by atoms with Crippen molar-refractivity contribution in [2.75, 3.05) is 11.9 Å². The van der Waals surface area contributed by atoms with Crippen molar-refractivity contribution in [2.24, 2.45) is 5.92 Å². The molecule has 0 bridgehead atoms. The van der Waals surface area contributed by atoms with Crippen molar-refractivity contribution in [3.8, 4) is 12.3 Å². The molecule has 2 rings (SSSR count). The van der Waals surface area contributed by atoms with Crippen LogP contribution >= 0.6 is 0 Å². The van der Waals surface area contributed by atoms with Gasteiger partial charge in [-0.2, -0.15) is 0 Å². The Morgan fingerprint density at radius 2 is 1.58 bits per heavy atom. The van der Waals surface area contributed by atoms with Gasteiger partial charge >= 0.3 is 6.09 Å². The van der Waals surface area contributed by atoms with E-state index in [1.807, 2.05) is 45.0 Å². The third kappa shape index (κ3) is 11.4. The highest BCUT2D eigenvalue weighted by molar-refractivity contribution is 5.99. The summed E-state index contributed by atoms with van der Waals surface area (Å²) in [5.41, 5.74) is 2.19. The van der Waals surface area contributed by atoms with Crippen LogP contribution in [0, 0.1) is 25.2 Å². The van der Waals surface area contributed by atoms with Gasteiger partial charge in [0.2, 0.25) is 5.91 Å². The van der Waals surface area contributed by atoms with E-state index >= 15 is 0 Å². The Labute approximate surface area is 259 Å². The van der Waals surface area contributed by atoms with Crippen LogP contribution in [0.3, 0.4) is 0 Å². The largest absolute Gasteiger partial charge is 0.444 e. The van der Waals surface area contributed by atoms with E-state index in [4.69, 9.17) is 11.2 Å². The number of aryl methyl sites for hydroxylation is 1. The lowest BCUT2D eigenvalue weighted by atomic mass is 9.95. The minimum Gasteiger partial charge on any atom is -0.444 e. The molecular weight excluding hydrogens is 538 g/mol. The SMILES string of the molecule is C#Cc1ccc(C(C(=O)Nc2ccccc2C)N(CCCCCCCC)C(=O)C(NC(=O)OC(C)(C)C)C(C)CC)cc1. The smallest absolute Gasteiger partial charge is 0.408 e. The van der Waals surface area contributed by atoms with Gasteiger partial charge in [0.1, 0.15) is 17.7 Å². The molecule has 0 saturated heterocycles. The fourth-order valence-electron chi connectivity index (χ4n) is 4.87. The van der Waals surface area contributed by atoms with Crippen LogP contribution in [0.25, 0.3) is 0 Å². The van der Waals surface area contributed by atoms with Crippen LogP contribution in [0.1, 0.15) is 109 Å². The lowest BCUT2D eigenvalue weighted by Gasteiger charge is -2.36. The fourth-order valence-corrected chi connectivity index (χ4v) is 4.87. The Bertz CT molecular complexity index is 1230. The summed E-state index contributed by atoms with van der Waals surface area (Å²) in [6.07, 6.45) is 11.7. The van der Waals surface area contributed by atoms with Crippen molar-refractivity contribution in [3.05, 3.63) is 65.2 Å². The molecule has 0 spiro atoms. The van der Waals surface area contributed by atoms with Crippen LogP contribution in [0.5, 0.6) is 0 Å². The van der Waals surface area contributed by atoms with Crippen LogP contribution < -0.4 is 10.6 Å². The second-order valence-electron chi connectivity index (χ2n) is 12.3. The van der Waals surface area contributed by atoms with Crippen molar-refractivity contribution in [2.45, 2.75) is 111 Å². The van der Waals surface area contributed by atoms with E-state index in [-0.39, 0.29) is 17.7 Å². The summed E-state index contributed by atoms with van der Waals surface area (Å²) in [6, 6.07) is 12.9. The molecule has 0 aliphatic rings. The van der Waals surface area contributed by atoms with E-state index in [2.05, 4.69) is 23.5 Å². The molecule has 2 aromatic rings. The van der Waals surface area contributed by atoms with E-state index in [0.29, 0.717) is 29.8 Å². The van der Waals surface area contributed by atoms with Crippen molar-refractivity contribution >= 4 is 23.6 Å². The van der Waals surface area contributed by atoms with Gasteiger partial charge in [-0.25, -0.2) is 4.79 Å². The van der Waals surface area contributed by atoms with Gasteiger partial charge in [0, 0.05) is 17.8 Å². The van der Waals surface area contributed by atoms with Gasteiger partial charge in [-0.05, 0) is 69.4 Å². The lowest BCUT2D eigenvalue weighted by molar-refractivity contribution is -0.142. The number of carbonyl (C=O) groups excluding carboxylic acids is 3. The molecule has 3 amide bonds. The minimum absolute atomic E-state index is 0.198. The van der Waals surface area contributed by atoms with E-state index in [0.717, 1.165) is 37.7 Å². The zero-order valence-electron chi connectivity index (χ0n) is 27.2. The summed E-state index contributed by atoms with van der Waals surface area (Å²) in [5, 5.41) is 5.89. The zero-order valence-corrected chi connectivity index (χ0v) is 27.2. The maximum atomic E-state index is 14.5. The summed E-state index contributed by atoms with van der Waals surface area (Å²) in [6.45, 7) is 13.7. The summed E-state index contributed by atoms with van der Waals surface area (Å²) in [5.74, 6) is 1.77. The Hall–Kier alpha value is -3.79. The zero-order chi connectivity index (χ0) is 32.0. The standard InChI is InChI=1S/C36H51N3O4/c1-9-12-13-14-15-18-25-39(34(41)31(26(4)10-2)38-35(42)43-36(6,7)8)32(29-23-21-28(11-3)22-24-29)33(40)37-30-20-17-16-19-27(30)5/h3,16-17,19-24,26,31-32H,9-10,12-15,18,25H2,1-2,4-8H3,(H,37,40)(H,38,42). The minimum atomic E-state index is -0.943. The van der Waals surface area contributed by atoms with E-state index in [1.54, 1.807) is 49.9 Å². The second-order valence-corrected chi connectivity index (χ2v) is 12.3. The molecule has 0 aromatic heterocycles. The van der Waals surface area contributed by atoms with E-state index in [9.17, 15) is 14.4 Å². The number of hydrogen-bond acceptors (Lipinski definition) is 4. The van der Waals surface area contributed by atoms with Gasteiger partial charge in [0.05, 0.1) is 0 Å². The van der Waals surface area contributed by atoms with Crippen LogP contribution in [0.15, 0.2) is 48.5 Å². The number of nitrogens with one attached hydrogen (secondary N) is 2. The predicted molar refractivity (Wildman–Crippen MR) is 175 cm³/mol. The highest BCUT2D eigenvalue weighted by atomic mass is 16.6. The van der Waals surface area contributed by atoms with Crippen molar-refractivity contribution in [3.63, 3.8) is 0 Å².